The van der Waals surface area contributed by atoms with Crippen LogP contribution in [0.4, 0.5) is 0 Å². The molecule has 0 aliphatic carbocycles. The van der Waals surface area contributed by atoms with Crippen molar-refractivity contribution in [2.75, 3.05) is 13.7 Å². The molecule has 1 fully saturated rings. The molecule has 1 amide bonds. The van der Waals surface area contributed by atoms with Gasteiger partial charge in [-0.2, -0.15) is 0 Å². The van der Waals surface area contributed by atoms with E-state index < -0.39 is 17.7 Å². The van der Waals surface area contributed by atoms with Crippen LogP contribution in [0.1, 0.15) is 93.9 Å². The van der Waals surface area contributed by atoms with Crippen LogP contribution in [0.25, 0.3) is 5.76 Å². The van der Waals surface area contributed by atoms with E-state index in [0.29, 0.717) is 17.9 Å². The summed E-state index contributed by atoms with van der Waals surface area (Å²) >= 11 is 0. The molecule has 194 valence electrons. The predicted molar refractivity (Wildman–Crippen MR) is 145 cm³/mol. The first kappa shape index (κ1) is 27.5. The maximum Gasteiger partial charge on any atom is 0.295 e. The lowest BCUT2D eigenvalue weighted by Crippen LogP contribution is -2.30. The predicted octanol–water partition coefficient (Wildman–Crippen LogP) is 7.35. The van der Waals surface area contributed by atoms with E-state index in [1.54, 1.807) is 36.3 Å². The Hall–Kier alpha value is -3.08. The largest absolute Gasteiger partial charge is 0.507 e. The van der Waals surface area contributed by atoms with Gasteiger partial charge in [-0.1, -0.05) is 94.5 Å². The van der Waals surface area contributed by atoms with E-state index in [2.05, 4.69) is 6.92 Å². The molecule has 1 saturated heterocycles. The monoisotopic (exact) mass is 491 g/mol. The quantitative estimate of drug-likeness (QED) is 0.130. The third-order valence-corrected chi connectivity index (χ3v) is 7.05. The topological polar surface area (TPSA) is 66.8 Å². The highest BCUT2D eigenvalue weighted by atomic mass is 16.5. The van der Waals surface area contributed by atoms with Gasteiger partial charge in [-0.3, -0.25) is 9.59 Å². The van der Waals surface area contributed by atoms with E-state index in [9.17, 15) is 14.7 Å². The molecule has 2 aromatic rings. The van der Waals surface area contributed by atoms with Gasteiger partial charge in [0.1, 0.15) is 11.5 Å². The summed E-state index contributed by atoms with van der Waals surface area (Å²) in [6.07, 6.45) is 12.0. The SMILES string of the molecule is CCCCCCCCCCCCN1C(=O)C(=O)/C(=C(\O)c2ccc(OC)cc2)C1c1ccc(C)cc1. The molecular weight excluding hydrogens is 450 g/mol. The molecule has 2 aromatic carbocycles. The maximum absolute atomic E-state index is 13.2. The fourth-order valence-electron chi connectivity index (χ4n) is 4.88. The summed E-state index contributed by atoms with van der Waals surface area (Å²) in [5.41, 5.74) is 2.58. The molecule has 5 heteroatoms. The van der Waals surface area contributed by atoms with E-state index >= 15 is 0 Å². The molecule has 1 atom stereocenters. The number of rotatable bonds is 14. The third-order valence-electron chi connectivity index (χ3n) is 7.05. The summed E-state index contributed by atoms with van der Waals surface area (Å²) in [5, 5.41) is 11.2. The van der Waals surface area contributed by atoms with Crippen LogP contribution in [-0.4, -0.2) is 35.4 Å². The molecule has 5 nitrogen and oxygen atoms in total. The van der Waals surface area contributed by atoms with Crippen LogP contribution in [0.3, 0.4) is 0 Å². The molecule has 1 N–H and O–H groups in total. The Morgan fingerprint density at radius 1 is 0.833 bits per heavy atom. The molecule has 1 heterocycles. The van der Waals surface area contributed by atoms with Gasteiger partial charge in [0.2, 0.25) is 0 Å². The van der Waals surface area contributed by atoms with Crippen LogP contribution >= 0.6 is 0 Å². The minimum Gasteiger partial charge on any atom is -0.507 e. The number of likely N-dealkylation sites (tertiary alicyclic amines) is 1. The number of nitrogens with zero attached hydrogens (tertiary/aromatic N) is 1. The zero-order chi connectivity index (χ0) is 25.9. The highest BCUT2D eigenvalue weighted by Gasteiger charge is 2.45. The van der Waals surface area contributed by atoms with Gasteiger partial charge >= 0.3 is 0 Å². The highest BCUT2D eigenvalue weighted by molar-refractivity contribution is 6.46. The number of aliphatic hydroxyl groups excluding tert-OH is 1. The third kappa shape index (κ3) is 6.99. The van der Waals surface area contributed by atoms with Crippen molar-refractivity contribution in [1.29, 1.82) is 0 Å². The first-order chi connectivity index (χ1) is 17.5. The highest BCUT2D eigenvalue weighted by Crippen LogP contribution is 2.39. The fourth-order valence-corrected chi connectivity index (χ4v) is 4.88. The van der Waals surface area contributed by atoms with Gasteiger partial charge < -0.3 is 14.7 Å². The lowest BCUT2D eigenvalue weighted by atomic mass is 9.94. The molecule has 36 heavy (non-hydrogen) atoms. The number of ketones is 1. The zero-order valence-corrected chi connectivity index (χ0v) is 22.1. The summed E-state index contributed by atoms with van der Waals surface area (Å²) in [4.78, 5) is 27.9. The number of amides is 1. The summed E-state index contributed by atoms with van der Waals surface area (Å²) < 4.78 is 5.21. The number of ether oxygens (including phenoxy) is 1. The van der Waals surface area contributed by atoms with Gasteiger partial charge in [-0.15, -0.1) is 0 Å². The summed E-state index contributed by atoms with van der Waals surface area (Å²) in [5.74, 6) is -0.650. The molecule has 1 aliphatic rings. The van der Waals surface area contributed by atoms with Gasteiger partial charge in [-0.25, -0.2) is 0 Å². The fraction of sp³-hybridized carbons (Fsp3) is 0.484. The van der Waals surface area contributed by atoms with E-state index in [0.717, 1.165) is 30.4 Å². The van der Waals surface area contributed by atoms with Gasteiger partial charge in [-0.05, 0) is 43.2 Å². The lowest BCUT2D eigenvalue weighted by Gasteiger charge is -2.25. The van der Waals surface area contributed by atoms with Crippen LogP contribution < -0.4 is 4.74 Å². The molecule has 0 aromatic heterocycles. The Morgan fingerprint density at radius 3 is 1.94 bits per heavy atom. The van der Waals surface area contributed by atoms with Crippen LogP contribution in [0.5, 0.6) is 5.75 Å². The van der Waals surface area contributed by atoms with Crippen LogP contribution in [-0.2, 0) is 9.59 Å². The zero-order valence-electron chi connectivity index (χ0n) is 22.1. The van der Waals surface area contributed by atoms with Gasteiger partial charge in [0, 0.05) is 12.1 Å². The molecule has 3 rings (SSSR count). The summed E-state index contributed by atoms with van der Waals surface area (Å²) in [6, 6.07) is 14.1. The Bertz CT molecular complexity index is 1020. The number of methoxy groups -OCH3 is 1. The molecule has 0 spiro atoms. The average molecular weight is 492 g/mol. The smallest absolute Gasteiger partial charge is 0.295 e. The lowest BCUT2D eigenvalue weighted by molar-refractivity contribution is -0.139. The Morgan fingerprint density at radius 2 is 1.39 bits per heavy atom. The number of hydrogen-bond donors (Lipinski definition) is 1. The minimum absolute atomic E-state index is 0.146. The average Bonchev–Trinajstić information content (AvgIpc) is 3.14. The van der Waals surface area contributed by atoms with E-state index in [4.69, 9.17) is 4.74 Å². The van der Waals surface area contributed by atoms with Crippen molar-refractivity contribution in [2.24, 2.45) is 0 Å². The minimum atomic E-state index is -0.624. The second-order valence-corrected chi connectivity index (χ2v) is 9.81. The number of carbonyl (C=O) groups excluding carboxylic acids is 2. The molecule has 1 aliphatic heterocycles. The normalized spacial score (nSPS) is 17.1. The Balaban J connectivity index is 1.72. The Labute approximate surface area is 216 Å². The first-order valence-electron chi connectivity index (χ1n) is 13.5. The van der Waals surface area contributed by atoms with Gasteiger partial charge in [0.15, 0.2) is 0 Å². The van der Waals surface area contributed by atoms with Crippen molar-refractivity contribution in [3.05, 3.63) is 70.8 Å². The number of hydrogen-bond acceptors (Lipinski definition) is 4. The molecule has 1 unspecified atom stereocenters. The van der Waals surface area contributed by atoms with Gasteiger partial charge in [0.05, 0.1) is 18.7 Å². The van der Waals surface area contributed by atoms with Gasteiger partial charge in [0.25, 0.3) is 11.7 Å². The van der Waals surface area contributed by atoms with Crippen molar-refractivity contribution in [3.8, 4) is 5.75 Å². The molecule has 0 radical (unpaired) electrons. The summed E-state index contributed by atoms with van der Waals surface area (Å²) in [6.45, 7) is 4.74. The van der Waals surface area contributed by atoms with E-state index in [-0.39, 0.29) is 11.3 Å². The number of benzene rings is 2. The van der Waals surface area contributed by atoms with Crippen LogP contribution in [0.2, 0.25) is 0 Å². The molecular formula is C31H41NO4. The Kier molecular flexibility index (Phi) is 10.6. The van der Waals surface area contributed by atoms with Crippen molar-refractivity contribution in [3.63, 3.8) is 0 Å². The molecule has 0 bridgehead atoms. The number of carbonyl (C=O) groups is 2. The second-order valence-electron chi connectivity index (χ2n) is 9.81. The van der Waals surface area contributed by atoms with Crippen molar-refractivity contribution < 1.29 is 19.4 Å². The van der Waals surface area contributed by atoms with Crippen molar-refractivity contribution in [1.82, 2.24) is 4.90 Å². The second kappa shape index (κ2) is 13.9. The number of unbranched alkanes of at least 4 members (excludes halogenated alkanes) is 9. The van der Waals surface area contributed by atoms with Crippen LogP contribution in [0.15, 0.2) is 54.1 Å². The van der Waals surface area contributed by atoms with Crippen molar-refractivity contribution in [2.45, 2.75) is 84.1 Å². The first-order valence-corrected chi connectivity index (χ1v) is 13.5. The summed E-state index contributed by atoms with van der Waals surface area (Å²) in [7, 11) is 1.57. The number of Topliss-reactive ketones (excluding diaryl/α,β-unsaturated/α-hetero) is 1. The molecule has 0 saturated carbocycles. The maximum atomic E-state index is 13.2. The number of aryl methyl sites for hydroxylation is 1. The number of aliphatic hydroxyl groups is 1. The standard InChI is InChI=1S/C31H41NO4/c1-4-5-6-7-8-9-10-11-12-13-22-32-28(24-16-14-23(2)15-17-24)27(30(34)31(32)35)29(33)25-18-20-26(36-3)21-19-25/h14-21,28,33H,4-13,22H2,1-3H3/b29-27-. The van der Waals surface area contributed by atoms with Crippen molar-refractivity contribution >= 4 is 17.4 Å². The van der Waals surface area contributed by atoms with E-state index in [1.807, 2.05) is 31.2 Å². The van der Waals surface area contributed by atoms with E-state index in [1.165, 1.54) is 44.9 Å². The van der Waals surface area contributed by atoms with Crippen LogP contribution in [0, 0.1) is 6.92 Å².